The van der Waals surface area contributed by atoms with Crippen LogP contribution in [-0.4, -0.2) is 11.1 Å². The highest BCUT2D eigenvalue weighted by molar-refractivity contribution is 5.78. The third kappa shape index (κ3) is 2.71. The Morgan fingerprint density at radius 3 is 2.43 bits per heavy atom. The van der Waals surface area contributed by atoms with Gasteiger partial charge in [0.2, 0.25) is 0 Å². The highest BCUT2D eigenvalue weighted by Gasteiger charge is 2.46. The minimum atomic E-state index is -0.844. The predicted molar refractivity (Wildman–Crippen MR) is 83.8 cm³/mol. The summed E-state index contributed by atoms with van der Waals surface area (Å²) in [5, 5.41) is 1.05. The van der Waals surface area contributed by atoms with Crippen LogP contribution in [0, 0.1) is 5.41 Å². The van der Waals surface area contributed by atoms with Gasteiger partial charge in [-0.1, -0.05) is 52.0 Å². The van der Waals surface area contributed by atoms with E-state index < -0.39 is 11.7 Å². The van der Waals surface area contributed by atoms with Crippen LogP contribution in [0.15, 0.2) is 36.4 Å². The van der Waals surface area contributed by atoms with Gasteiger partial charge in [-0.25, -0.2) is 9.78 Å². The van der Waals surface area contributed by atoms with Crippen molar-refractivity contribution >= 4 is 17.0 Å². The lowest BCUT2D eigenvalue weighted by Crippen LogP contribution is -2.45. The lowest BCUT2D eigenvalue weighted by molar-refractivity contribution is -0.0769. The van der Waals surface area contributed by atoms with Crippen LogP contribution in [0.1, 0.15) is 39.8 Å². The number of primary amides is 1. The maximum Gasteiger partial charge on any atom is 0.405 e. The first-order valence-corrected chi connectivity index (χ1v) is 7.15. The van der Waals surface area contributed by atoms with Gasteiger partial charge in [-0.05, 0) is 18.6 Å². The Morgan fingerprint density at radius 2 is 1.86 bits per heavy atom. The number of carbonyl (C=O) groups is 1. The lowest BCUT2D eigenvalue weighted by atomic mass is 9.72. The second-order valence-corrected chi connectivity index (χ2v) is 6.24. The first kappa shape index (κ1) is 15.3. The molecule has 1 aromatic heterocycles. The molecular formula is C17H22N2O2. The average molecular weight is 286 g/mol. The molecule has 2 aromatic rings. The molecule has 4 nitrogen and oxygen atoms in total. The van der Waals surface area contributed by atoms with Crippen molar-refractivity contribution < 1.29 is 9.53 Å². The standard InChI is InChI=1S/C17H22N2O2/c1-5-17(16(2,3)4,21-15(18)20)14-11-10-12-8-6-7-9-13(12)19-14/h6-11H,5H2,1-4H3,(H2,18,20). The molecule has 4 heteroatoms. The number of amides is 1. The fourth-order valence-corrected chi connectivity index (χ4v) is 2.84. The minimum absolute atomic E-state index is 0.327. The largest absolute Gasteiger partial charge is 0.436 e. The molecule has 1 unspecified atom stereocenters. The fraction of sp³-hybridized carbons (Fsp3) is 0.412. The first-order valence-electron chi connectivity index (χ1n) is 7.15. The Hall–Kier alpha value is -2.10. The van der Waals surface area contributed by atoms with Gasteiger partial charge < -0.3 is 10.5 Å². The molecule has 0 spiro atoms. The van der Waals surface area contributed by atoms with Gasteiger partial charge in [0.25, 0.3) is 0 Å². The molecule has 0 bridgehead atoms. The van der Waals surface area contributed by atoms with Crippen LogP contribution in [0.4, 0.5) is 4.79 Å². The van der Waals surface area contributed by atoms with Gasteiger partial charge >= 0.3 is 6.09 Å². The molecule has 0 aliphatic heterocycles. The van der Waals surface area contributed by atoms with E-state index in [4.69, 9.17) is 15.5 Å². The van der Waals surface area contributed by atoms with E-state index in [1.165, 1.54) is 0 Å². The summed E-state index contributed by atoms with van der Waals surface area (Å²) in [6.07, 6.45) is -0.174. The number of fused-ring (bicyclic) bond motifs is 1. The molecule has 0 fully saturated rings. The Bertz CT molecular complexity index is 661. The smallest absolute Gasteiger partial charge is 0.405 e. The molecule has 0 radical (unpaired) electrons. The van der Waals surface area contributed by atoms with Crippen LogP contribution < -0.4 is 5.73 Å². The molecular weight excluding hydrogens is 264 g/mol. The molecule has 0 aliphatic carbocycles. The lowest BCUT2D eigenvalue weighted by Gasteiger charge is -2.42. The van der Waals surface area contributed by atoms with Crippen molar-refractivity contribution in [2.45, 2.75) is 39.7 Å². The Labute approximate surface area is 125 Å². The maximum atomic E-state index is 11.4. The van der Waals surface area contributed by atoms with Crippen molar-refractivity contribution in [3.05, 3.63) is 42.1 Å². The summed E-state index contributed by atoms with van der Waals surface area (Å²) in [4.78, 5) is 16.1. The van der Waals surface area contributed by atoms with Gasteiger partial charge in [-0.15, -0.1) is 0 Å². The van der Waals surface area contributed by atoms with Crippen LogP contribution >= 0.6 is 0 Å². The van der Waals surface area contributed by atoms with E-state index in [2.05, 4.69) is 0 Å². The minimum Gasteiger partial charge on any atom is -0.436 e. The highest BCUT2D eigenvalue weighted by Crippen LogP contribution is 2.44. The Balaban J connectivity index is 2.65. The summed E-state index contributed by atoms with van der Waals surface area (Å²) in [5.41, 5.74) is 5.75. The summed E-state index contributed by atoms with van der Waals surface area (Å²) in [5.74, 6) is 0. The summed E-state index contributed by atoms with van der Waals surface area (Å²) < 4.78 is 5.56. The molecule has 0 saturated carbocycles. The second kappa shape index (κ2) is 5.35. The molecule has 2 N–H and O–H groups in total. The molecule has 1 atom stereocenters. The van der Waals surface area contributed by atoms with Crippen LogP contribution in [0.2, 0.25) is 0 Å². The molecule has 0 aliphatic rings. The number of hydrogen-bond acceptors (Lipinski definition) is 3. The van der Waals surface area contributed by atoms with Gasteiger partial charge in [-0.2, -0.15) is 0 Å². The third-order valence-corrected chi connectivity index (χ3v) is 4.00. The van der Waals surface area contributed by atoms with Crippen LogP contribution in [-0.2, 0) is 10.3 Å². The van der Waals surface area contributed by atoms with Crippen LogP contribution in [0.3, 0.4) is 0 Å². The van der Waals surface area contributed by atoms with E-state index in [0.717, 1.165) is 16.6 Å². The number of pyridine rings is 1. The number of aromatic nitrogens is 1. The van der Waals surface area contributed by atoms with Crippen LogP contribution in [0.25, 0.3) is 10.9 Å². The summed E-state index contributed by atoms with van der Waals surface area (Å²) in [7, 11) is 0. The first-order chi connectivity index (χ1) is 9.80. The number of benzene rings is 1. The molecule has 21 heavy (non-hydrogen) atoms. The van der Waals surface area contributed by atoms with Crippen molar-refractivity contribution in [3.8, 4) is 0 Å². The topological polar surface area (TPSA) is 65.2 Å². The SMILES string of the molecule is CCC(OC(N)=O)(c1ccc2ccccc2n1)C(C)(C)C. The van der Waals surface area contributed by atoms with Crippen LogP contribution in [0.5, 0.6) is 0 Å². The van der Waals surface area contributed by atoms with Gasteiger partial charge in [0, 0.05) is 10.8 Å². The third-order valence-electron chi connectivity index (χ3n) is 4.00. The van der Waals surface area contributed by atoms with Crippen molar-refractivity contribution in [1.82, 2.24) is 4.98 Å². The highest BCUT2D eigenvalue weighted by atomic mass is 16.6. The van der Waals surface area contributed by atoms with Gasteiger partial charge in [0.05, 0.1) is 11.2 Å². The number of hydrogen-bond donors (Lipinski definition) is 1. The average Bonchev–Trinajstić information content (AvgIpc) is 2.42. The Kier molecular flexibility index (Phi) is 3.90. The monoisotopic (exact) mass is 286 g/mol. The van der Waals surface area contributed by atoms with E-state index in [0.29, 0.717) is 6.42 Å². The maximum absolute atomic E-state index is 11.4. The number of ether oxygens (including phenoxy) is 1. The molecule has 112 valence electrons. The molecule has 2 rings (SSSR count). The zero-order valence-corrected chi connectivity index (χ0v) is 13.0. The predicted octanol–water partition coefficient (Wildman–Crippen LogP) is 3.98. The van der Waals surface area contributed by atoms with Crippen molar-refractivity contribution in [2.75, 3.05) is 0 Å². The molecule has 0 saturated heterocycles. The number of rotatable bonds is 3. The summed E-state index contributed by atoms with van der Waals surface area (Å²) in [6, 6.07) is 11.8. The number of para-hydroxylation sites is 1. The molecule has 1 amide bonds. The normalized spacial score (nSPS) is 14.7. The zero-order chi connectivity index (χ0) is 15.7. The van der Waals surface area contributed by atoms with E-state index in [9.17, 15) is 4.79 Å². The summed E-state index contributed by atoms with van der Waals surface area (Å²) in [6.45, 7) is 8.05. The van der Waals surface area contributed by atoms with Gasteiger partial charge in [-0.3, -0.25) is 0 Å². The van der Waals surface area contributed by atoms with Crippen molar-refractivity contribution in [2.24, 2.45) is 11.1 Å². The van der Waals surface area contributed by atoms with E-state index in [1.807, 2.05) is 64.1 Å². The fourth-order valence-electron chi connectivity index (χ4n) is 2.84. The van der Waals surface area contributed by atoms with E-state index in [-0.39, 0.29) is 5.41 Å². The van der Waals surface area contributed by atoms with Gasteiger partial charge in [0.15, 0.2) is 5.60 Å². The van der Waals surface area contributed by atoms with E-state index >= 15 is 0 Å². The zero-order valence-electron chi connectivity index (χ0n) is 13.0. The van der Waals surface area contributed by atoms with Crippen molar-refractivity contribution in [1.29, 1.82) is 0 Å². The molecule has 1 heterocycles. The second-order valence-electron chi connectivity index (χ2n) is 6.24. The van der Waals surface area contributed by atoms with E-state index in [1.54, 1.807) is 0 Å². The van der Waals surface area contributed by atoms with Crippen molar-refractivity contribution in [3.63, 3.8) is 0 Å². The Morgan fingerprint density at radius 1 is 1.19 bits per heavy atom. The molecule has 1 aromatic carbocycles. The quantitative estimate of drug-likeness (QED) is 0.928. The number of nitrogens with two attached hydrogens (primary N) is 1. The number of carbonyl (C=O) groups excluding carboxylic acids is 1. The number of nitrogens with zero attached hydrogens (tertiary/aromatic N) is 1. The summed E-state index contributed by atoms with van der Waals surface area (Å²) >= 11 is 0. The van der Waals surface area contributed by atoms with Gasteiger partial charge in [0.1, 0.15) is 0 Å².